The third-order valence-electron chi connectivity index (χ3n) is 1.83. The fourth-order valence-electron chi connectivity index (χ4n) is 1.10. The molecular weight excluding hydrogens is 332 g/mol. The zero-order valence-corrected chi connectivity index (χ0v) is 10.9. The van der Waals surface area contributed by atoms with Crippen LogP contribution in [0.3, 0.4) is 0 Å². The standard InChI is InChI=1S/C8H5BrN2O6S/c9-7-5(3-4(17-7)8(12)13)18(14,15)11-6-1-2-16-10-6/h1-3H,(H,10,11)(H,12,13). The van der Waals surface area contributed by atoms with Gasteiger partial charge in [0, 0.05) is 12.1 Å². The number of aromatic nitrogens is 1. The Balaban J connectivity index is 2.38. The predicted octanol–water partition coefficient (Wildman–Crippen LogP) is 1.53. The van der Waals surface area contributed by atoms with Crippen LogP contribution in [0.5, 0.6) is 0 Å². The minimum atomic E-state index is -4.00. The lowest BCUT2D eigenvalue weighted by molar-refractivity contribution is 0.0661. The van der Waals surface area contributed by atoms with E-state index >= 15 is 0 Å². The summed E-state index contributed by atoms with van der Waals surface area (Å²) < 4.78 is 34.8. The first-order valence-corrected chi connectivity index (χ1v) is 6.63. The molecule has 2 aromatic rings. The van der Waals surface area contributed by atoms with Gasteiger partial charge in [-0.25, -0.2) is 13.2 Å². The fraction of sp³-hybridized carbons (Fsp3) is 0. The molecule has 0 bridgehead atoms. The molecule has 0 aliphatic rings. The van der Waals surface area contributed by atoms with Crippen LogP contribution in [-0.4, -0.2) is 24.7 Å². The van der Waals surface area contributed by atoms with Crippen molar-refractivity contribution < 1.29 is 27.3 Å². The maximum Gasteiger partial charge on any atom is 0.371 e. The van der Waals surface area contributed by atoms with Gasteiger partial charge in [0.2, 0.25) is 5.76 Å². The molecule has 0 saturated heterocycles. The Hall–Kier alpha value is -1.81. The van der Waals surface area contributed by atoms with E-state index in [4.69, 9.17) is 9.52 Å². The second-order valence-electron chi connectivity index (χ2n) is 3.04. The molecule has 0 spiro atoms. The Morgan fingerprint density at radius 2 is 2.22 bits per heavy atom. The summed E-state index contributed by atoms with van der Waals surface area (Å²) in [5, 5.41) is 12.1. The molecule has 0 saturated carbocycles. The van der Waals surface area contributed by atoms with Crippen LogP contribution in [-0.2, 0) is 10.0 Å². The smallest absolute Gasteiger partial charge is 0.371 e. The summed E-state index contributed by atoms with van der Waals surface area (Å²) in [6, 6.07) is 2.18. The summed E-state index contributed by atoms with van der Waals surface area (Å²) in [5.74, 6) is -1.90. The van der Waals surface area contributed by atoms with Crippen molar-refractivity contribution in [2.24, 2.45) is 0 Å². The van der Waals surface area contributed by atoms with Gasteiger partial charge in [0.05, 0.1) is 0 Å². The molecule has 0 aliphatic heterocycles. The van der Waals surface area contributed by atoms with Crippen molar-refractivity contribution in [3.63, 3.8) is 0 Å². The first-order chi connectivity index (χ1) is 8.40. The Morgan fingerprint density at radius 3 is 2.72 bits per heavy atom. The first-order valence-electron chi connectivity index (χ1n) is 4.36. The van der Waals surface area contributed by atoms with Crippen molar-refractivity contribution in [2.45, 2.75) is 4.90 Å². The maximum absolute atomic E-state index is 11.9. The highest BCUT2D eigenvalue weighted by atomic mass is 79.9. The molecule has 0 aromatic carbocycles. The van der Waals surface area contributed by atoms with Gasteiger partial charge in [0.25, 0.3) is 10.0 Å². The van der Waals surface area contributed by atoms with E-state index in [-0.39, 0.29) is 15.4 Å². The summed E-state index contributed by atoms with van der Waals surface area (Å²) in [6.07, 6.45) is 1.19. The molecule has 0 aliphatic carbocycles. The zero-order chi connectivity index (χ0) is 13.3. The van der Waals surface area contributed by atoms with E-state index in [1.54, 1.807) is 0 Å². The molecule has 10 heteroatoms. The van der Waals surface area contributed by atoms with Crippen LogP contribution in [0.25, 0.3) is 0 Å². The highest BCUT2D eigenvalue weighted by Crippen LogP contribution is 2.27. The largest absolute Gasteiger partial charge is 0.475 e. The van der Waals surface area contributed by atoms with E-state index in [1.807, 2.05) is 0 Å². The van der Waals surface area contributed by atoms with Crippen LogP contribution < -0.4 is 4.72 Å². The minimum Gasteiger partial charge on any atom is -0.475 e. The maximum atomic E-state index is 11.9. The number of sulfonamides is 1. The molecule has 96 valence electrons. The van der Waals surface area contributed by atoms with E-state index in [0.717, 1.165) is 6.07 Å². The van der Waals surface area contributed by atoms with E-state index in [1.165, 1.54) is 12.3 Å². The van der Waals surface area contributed by atoms with Crippen molar-refractivity contribution in [3.05, 3.63) is 28.8 Å². The van der Waals surface area contributed by atoms with Gasteiger partial charge in [-0.15, -0.1) is 0 Å². The summed E-state index contributed by atoms with van der Waals surface area (Å²) in [6.45, 7) is 0. The summed E-state index contributed by atoms with van der Waals surface area (Å²) in [7, 11) is -4.00. The lowest BCUT2D eigenvalue weighted by Crippen LogP contribution is -2.12. The third-order valence-corrected chi connectivity index (χ3v) is 4.04. The molecule has 8 nitrogen and oxygen atoms in total. The summed E-state index contributed by atoms with van der Waals surface area (Å²) in [5.41, 5.74) is 0. The number of rotatable bonds is 4. The molecule has 0 unspecified atom stereocenters. The molecule has 0 fully saturated rings. The highest BCUT2D eigenvalue weighted by Gasteiger charge is 2.25. The van der Waals surface area contributed by atoms with E-state index in [9.17, 15) is 13.2 Å². The summed E-state index contributed by atoms with van der Waals surface area (Å²) >= 11 is 2.83. The number of carboxylic acid groups (broad SMARTS) is 1. The molecule has 0 amide bonds. The normalized spacial score (nSPS) is 11.4. The molecule has 2 rings (SSSR count). The average Bonchev–Trinajstić information content (AvgIpc) is 2.86. The second-order valence-corrected chi connectivity index (χ2v) is 5.42. The van der Waals surface area contributed by atoms with Crippen molar-refractivity contribution in [1.82, 2.24) is 5.16 Å². The van der Waals surface area contributed by atoms with Crippen LogP contribution in [0, 0.1) is 0 Å². The summed E-state index contributed by atoms with van der Waals surface area (Å²) in [4.78, 5) is 10.3. The van der Waals surface area contributed by atoms with Crippen molar-refractivity contribution in [2.75, 3.05) is 4.72 Å². The van der Waals surface area contributed by atoms with Gasteiger partial charge in [-0.3, -0.25) is 4.72 Å². The topological polar surface area (TPSA) is 123 Å². The van der Waals surface area contributed by atoms with Gasteiger partial charge in [0.15, 0.2) is 10.5 Å². The molecule has 18 heavy (non-hydrogen) atoms. The number of carboxylic acids is 1. The Bertz CT molecular complexity index is 675. The monoisotopic (exact) mass is 336 g/mol. The Morgan fingerprint density at radius 1 is 1.50 bits per heavy atom. The Kier molecular flexibility index (Phi) is 3.13. The van der Waals surface area contributed by atoms with E-state index in [0.29, 0.717) is 0 Å². The molecule has 0 atom stereocenters. The van der Waals surface area contributed by atoms with Gasteiger partial charge in [-0.2, -0.15) is 0 Å². The molecule has 0 radical (unpaired) electrons. The third kappa shape index (κ3) is 2.38. The zero-order valence-electron chi connectivity index (χ0n) is 8.45. The minimum absolute atomic E-state index is 0.0278. The molecule has 2 heterocycles. The van der Waals surface area contributed by atoms with Gasteiger partial charge in [-0.1, -0.05) is 5.16 Å². The lowest BCUT2D eigenvalue weighted by atomic mass is 10.5. The van der Waals surface area contributed by atoms with Gasteiger partial charge in [0.1, 0.15) is 11.2 Å². The van der Waals surface area contributed by atoms with Crippen molar-refractivity contribution in [1.29, 1.82) is 0 Å². The number of nitrogens with zero attached hydrogens (tertiary/aromatic N) is 1. The van der Waals surface area contributed by atoms with Crippen LogP contribution >= 0.6 is 15.9 Å². The second kappa shape index (κ2) is 4.46. The molecular formula is C8H5BrN2O6S. The fourth-order valence-corrected chi connectivity index (χ4v) is 3.03. The lowest BCUT2D eigenvalue weighted by Gasteiger charge is -2.01. The van der Waals surface area contributed by atoms with Crippen molar-refractivity contribution >= 4 is 37.7 Å². The van der Waals surface area contributed by atoms with Crippen LogP contribution in [0.15, 0.2) is 36.9 Å². The first kappa shape index (κ1) is 12.6. The number of carbonyl (C=O) groups is 1. The number of aromatic carboxylic acids is 1. The SMILES string of the molecule is O=C(O)c1cc(S(=O)(=O)Nc2ccon2)c(Br)o1. The van der Waals surface area contributed by atoms with E-state index in [2.05, 4.69) is 30.3 Å². The average molecular weight is 337 g/mol. The number of hydrogen-bond donors (Lipinski definition) is 2. The predicted molar refractivity (Wildman–Crippen MR) is 60.7 cm³/mol. The van der Waals surface area contributed by atoms with Gasteiger partial charge >= 0.3 is 5.97 Å². The van der Waals surface area contributed by atoms with Gasteiger partial charge < -0.3 is 14.0 Å². The molecule has 2 aromatic heterocycles. The van der Waals surface area contributed by atoms with Crippen LogP contribution in [0.1, 0.15) is 10.6 Å². The quantitative estimate of drug-likeness (QED) is 0.867. The van der Waals surface area contributed by atoms with Gasteiger partial charge in [-0.05, 0) is 15.9 Å². The van der Waals surface area contributed by atoms with Crippen molar-refractivity contribution in [3.8, 4) is 0 Å². The number of nitrogens with one attached hydrogen (secondary N) is 1. The van der Waals surface area contributed by atoms with E-state index < -0.39 is 21.8 Å². The molecule has 2 N–H and O–H groups in total. The number of halogens is 1. The highest BCUT2D eigenvalue weighted by molar-refractivity contribution is 9.10. The Labute approximate surface area is 109 Å². The van der Waals surface area contributed by atoms with Crippen LogP contribution in [0.2, 0.25) is 0 Å². The number of anilines is 1. The van der Waals surface area contributed by atoms with Crippen LogP contribution in [0.4, 0.5) is 5.82 Å². The number of hydrogen-bond acceptors (Lipinski definition) is 6. The number of furan rings is 1.